The SMILES string of the molecule is O=C(c1cc(Cl)c2c(c1)OCCCO2)N1CCCC(c2nc3ccccc3[nH]2)C1. The maximum atomic E-state index is 13.2. The first kappa shape index (κ1) is 18.3. The lowest BCUT2D eigenvalue weighted by Gasteiger charge is -2.32. The molecule has 0 spiro atoms. The van der Waals surface area contributed by atoms with Crippen LogP contribution in [0.2, 0.25) is 5.02 Å². The minimum absolute atomic E-state index is 0.0386. The second kappa shape index (κ2) is 7.59. The van der Waals surface area contributed by atoms with Crippen molar-refractivity contribution in [1.29, 1.82) is 0 Å². The molecule has 1 atom stereocenters. The van der Waals surface area contributed by atoms with Crippen LogP contribution in [0.5, 0.6) is 11.5 Å². The number of aromatic amines is 1. The van der Waals surface area contributed by atoms with Gasteiger partial charge in [0.1, 0.15) is 5.82 Å². The molecule has 6 nitrogen and oxygen atoms in total. The number of fused-ring (bicyclic) bond motifs is 2. The minimum Gasteiger partial charge on any atom is -0.489 e. The molecule has 1 N–H and O–H groups in total. The van der Waals surface area contributed by atoms with Crippen molar-refractivity contribution in [1.82, 2.24) is 14.9 Å². The first-order valence-corrected chi connectivity index (χ1v) is 10.4. The molecule has 1 fully saturated rings. The van der Waals surface area contributed by atoms with Gasteiger partial charge in [-0.05, 0) is 37.1 Å². The third-order valence-corrected chi connectivity index (χ3v) is 5.83. The number of carbonyl (C=O) groups is 1. The standard InChI is InChI=1S/C22H22ClN3O3/c23-16-11-15(12-19-20(16)29-10-4-9-28-19)22(27)26-8-3-5-14(13-26)21-24-17-6-1-2-7-18(17)25-21/h1-2,6-7,11-12,14H,3-5,8-10,13H2,(H,24,25). The van der Waals surface area contributed by atoms with Gasteiger partial charge in [-0.1, -0.05) is 23.7 Å². The van der Waals surface area contributed by atoms with Crippen LogP contribution < -0.4 is 9.47 Å². The molecule has 0 bridgehead atoms. The molecule has 0 aliphatic carbocycles. The van der Waals surface area contributed by atoms with E-state index in [1.807, 2.05) is 29.2 Å². The van der Waals surface area contributed by atoms with Crippen molar-refractivity contribution in [3.05, 3.63) is 52.8 Å². The van der Waals surface area contributed by atoms with E-state index in [-0.39, 0.29) is 11.8 Å². The number of nitrogens with zero attached hydrogens (tertiary/aromatic N) is 2. The second-order valence-electron chi connectivity index (χ2n) is 7.57. The Hall–Kier alpha value is -2.73. The Morgan fingerprint density at radius 1 is 1.17 bits per heavy atom. The number of aromatic nitrogens is 2. The molecule has 1 unspecified atom stereocenters. The Morgan fingerprint density at radius 3 is 2.93 bits per heavy atom. The molecule has 7 heteroatoms. The molecular formula is C22H22ClN3O3. The van der Waals surface area contributed by atoms with E-state index in [2.05, 4.69) is 4.98 Å². The molecule has 5 rings (SSSR count). The van der Waals surface area contributed by atoms with Crippen molar-refractivity contribution < 1.29 is 14.3 Å². The molecule has 2 aliphatic heterocycles. The van der Waals surface area contributed by atoms with E-state index >= 15 is 0 Å². The fraction of sp³-hybridized carbons (Fsp3) is 0.364. The van der Waals surface area contributed by atoms with Crippen molar-refractivity contribution in [3.63, 3.8) is 0 Å². The number of piperidine rings is 1. The van der Waals surface area contributed by atoms with Crippen molar-refractivity contribution in [3.8, 4) is 11.5 Å². The van der Waals surface area contributed by atoms with E-state index < -0.39 is 0 Å². The molecule has 1 saturated heterocycles. The van der Waals surface area contributed by atoms with Crippen LogP contribution in [0.3, 0.4) is 0 Å². The highest BCUT2D eigenvalue weighted by atomic mass is 35.5. The van der Waals surface area contributed by atoms with E-state index in [1.165, 1.54) is 0 Å². The van der Waals surface area contributed by atoms with Crippen LogP contribution >= 0.6 is 11.6 Å². The summed E-state index contributed by atoms with van der Waals surface area (Å²) < 4.78 is 11.4. The number of hydrogen-bond acceptors (Lipinski definition) is 4. The topological polar surface area (TPSA) is 67.5 Å². The highest BCUT2D eigenvalue weighted by molar-refractivity contribution is 6.32. The van der Waals surface area contributed by atoms with Crippen LogP contribution in [0.1, 0.15) is 41.4 Å². The van der Waals surface area contributed by atoms with Crippen LogP contribution in [-0.4, -0.2) is 47.1 Å². The second-order valence-corrected chi connectivity index (χ2v) is 7.97. The van der Waals surface area contributed by atoms with Gasteiger partial charge in [-0.25, -0.2) is 4.98 Å². The van der Waals surface area contributed by atoms with Crippen molar-refractivity contribution >= 4 is 28.5 Å². The normalized spacial score (nSPS) is 19.2. The number of H-pyrrole nitrogens is 1. The van der Waals surface area contributed by atoms with Gasteiger partial charge in [0.15, 0.2) is 11.5 Å². The average Bonchev–Trinajstić information content (AvgIpc) is 3.04. The Kier molecular flexibility index (Phi) is 4.79. The van der Waals surface area contributed by atoms with Crippen molar-refractivity contribution in [2.75, 3.05) is 26.3 Å². The Labute approximate surface area is 173 Å². The first-order chi connectivity index (χ1) is 14.2. The number of imidazole rings is 1. The Bertz CT molecular complexity index is 1030. The number of benzene rings is 2. The average molecular weight is 412 g/mol. The van der Waals surface area contributed by atoms with E-state index in [0.29, 0.717) is 41.8 Å². The smallest absolute Gasteiger partial charge is 0.254 e. The van der Waals surface area contributed by atoms with Gasteiger partial charge in [0.05, 0.1) is 29.3 Å². The summed E-state index contributed by atoms with van der Waals surface area (Å²) >= 11 is 6.38. The van der Waals surface area contributed by atoms with E-state index in [0.717, 1.165) is 42.7 Å². The number of nitrogens with one attached hydrogen (secondary N) is 1. The van der Waals surface area contributed by atoms with Gasteiger partial charge in [0.25, 0.3) is 5.91 Å². The molecule has 0 saturated carbocycles. The summed E-state index contributed by atoms with van der Waals surface area (Å²) in [5.41, 5.74) is 2.52. The van der Waals surface area contributed by atoms with Gasteiger partial charge < -0.3 is 19.4 Å². The number of hydrogen-bond donors (Lipinski definition) is 1. The highest BCUT2D eigenvalue weighted by Crippen LogP contribution is 2.38. The summed E-state index contributed by atoms with van der Waals surface area (Å²) in [6.45, 7) is 2.47. The largest absolute Gasteiger partial charge is 0.489 e. The molecular weight excluding hydrogens is 390 g/mol. The molecule has 150 valence electrons. The number of halogens is 1. The minimum atomic E-state index is -0.0386. The first-order valence-electron chi connectivity index (χ1n) is 10.0. The highest BCUT2D eigenvalue weighted by Gasteiger charge is 2.28. The number of para-hydroxylation sites is 2. The summed E-state index contributed by atoms with van der Waals surface area (Å²) in [6, 6.07) is 11.4. The van der Waals surface area contributed by atoms with Crippen LogP contribution in [0.15, 0.2) is 36.4 Å². The molecule has 2 aromatic carbocycles. The lowest BCUT2D eigenvalue weighted by atomic mass is 9.96. The fourth-order valence-corrected chi connectivity index (χ4v) is 4.35. The summed E-state index contributed by atoms with van der Waals surface area (Å²) in [7, 11) is 0. The maximum Gasteiger partial charge on any atom is 0.254 e. The quantitative estimate of drug-likeness (QED) is 0.678. The molecule has 2 aliphatic rings. The van der Waals surface area contributed by atoms with Gasteiger partial charge in [0, 0.05) is 31.0 Å². The third kappa shape index (κ3) is 3.53. The van der Waals surface area contributed by atoms with Crippen molar-refractivity contribution in [2.24, 2.45) is 0 Å². The summed E-state index contributed by atoms with van der Waals surface area (Å²) in [5, 5.41) is 0.415. The van der Waals surface area contributed by atoms with Gasteiger partial charge >= 0.3 is 0 Å². The predicted octanol–water partition coefficient (Wildman–Crippen LogP) is 4.40. The van der Waals surface area contributed by atoms with Crippen LogP contribution in [0.4, 0.5) is 0 Å². The zero-order valence-corrected chi connectivity index (χ0v) is 16.7. The molecule has 1 aromatic heterocycles. The van der Waals surface area contributed by atoms with Gasteiger partial charge in [-0.3, -0.25) is 4.79 Å². The fourth-order valence-electron chi connectivity index (χ4n) is 4.09. The van der Waals surface area contributed by atoms with E-state index in [4.69, 9.17) is 26.1 Å². The molecule has 29 heavy (non-hydrogen) atoms. The summed E-state index contributed by atoms with van der Waals surface area (Å²) in [4.78, 5) is 23.2. The number of ether oxygens (including phenoxy) is 2. The van der Waals surface area contributed by atoms with Crippen LogP contribution in [-0.2, 0) is 0 Å². The number of carbonyl (C=O) groups excluding carboxylic acids is 1. The number of amides is 1. The van der Waals surface area contributed by atoms with Crippen molar-refractivity contribution in [2.45, 2.75) is 25.2 Å². The number of likely N-dealkylation sites (tertiary alicyclic amines) is 1. The van der Waals surface area contributed by atoms with Gasteiger partial charge in [0.2, 0.25) is 0 Å². The van der Waals surface area contributed by atoms with Gasteiger partial charge in [-0.2, -0.15) is 0 Å². The summed E-state index contributed by atoms with van der Waals surface area (Å²) in [6.07, 6.45) is 2.73. The third-order valence-electron chi connectivity index (χ3n) is 5.55. The molecule has 0 radical (unpaired) electrons. The molecule has 3 heterocycles. The summed E-state index contributed by atoms with van der Waals surface area (Å²) in [5.74, 6) is 2.17. The zero-order valence-electron chi connectivity index (χ0n) is 16.0. The monoisotopic (exact) mass is 411 g/mol. The molecule has 3 aromatic rings. The van der Waals surface area contributed by atoms with E-state index in [9.17, 15) is 4.79 Å². The van der Waals surface area contributed by atoms with Gasteiger partial charge in [-0.15, -0.1) is 0 Å². The predicted molar refractivity (Wildman–Crippen MR) is 111 cm³/mol. The lowest BCUT2D eigenvalue weighted by molar-refractivity contribution is 0.0704. The van der Waals surface area contributed by atoms with Crippen LogP contribution in [0, 0.1) is 0 Å². The Morgan fingerprint density at radius 2 is 2.03 bits per heavy atom. The maximum absolute atomic E-state index is 13.2. The number of rotatable bonds is 2. The van der Waals surface area contributed by atoms with E-state index in [1.54, 1.807) is 12.1 Å². The Balaban J connectivity index is 1.38. The molecule has 1 amide bonds. The lowest BCUT2D eigenvalue weighted by Crippen LogP contribution is -2.39. The van der Waals surface area contributed by atoms with Crippen LogP contribution in [0.25, 0.3) is 11.0 Å². The zero-order chi connectivity index (χ0) is 19.8.